The zero-order chi connectivity index (χ0) is 50.6. The average molecular weight is 957 g/mol. The van der Waals surface area contributed by atoms with Crippen LogP contribution in [0.25, 0.3) is 38.7 Å². The summed E-state index contributed by atoms with van der Waals surface area (Å²) in [6, 6.07) is 2.84. The Kier molecular flexibility index (Phi) is 14.2. The van der Waals surface area contributed by atoms with Crippen LogP contribution in [0.5, 0.6) is 11.5 Å². The van der Waals surface area contributed by atoms with Crippen LogP contribution in [0.15, 0.2) is 62.3 Å². The third kappa shape index (κ3) is 9.71. The predicted molar refractivity (Wildman–Crippen MR) is 260 cm³/mol. The van der Waals surface area contributed by atoms with Crippen molar-refractivity contribution in [2.45, 2.75) is 124 Å². The first-order valence-electron chi connectivity index (χ1n) is 23.3. The van der Waals surface area contributed by atoms with Gasteiger partial charge in [-0.2, -0.15) is 0 Å². The molecule has 4 bridgehead atoms. The first-order chi connectivity index (χ1) is 32.4. The largest absolute Gasteiger partial charge is 0.507 e. The van der Waals surface area contributed by atoms with E-state index in [1.807, 2.05) is 4.90 Å². The van der Waals surface area contributed by atoms with Crippen molar-refractivity contribution < 1.29 is 58.5 Å². The highest BCUT2D eigenvalue weighted by Crippen LogP contribution is 2.42. The summed E-state index contributed by atoms with van der Waals surface area (Å²) >= 11 is 0. The van der Waals surface area contributed by atoms with Gasteiger partial charge in [-0.1, -0.05) is 45.9 Å². The fourth-order valence-corrected chi connectivity index (χ4v) is 9.42. The summed E-state index contributed by atoms with van der Waals surface area (Å²) in [7, 11) is 1.44. The number of amides is 2. The SMILES string of the molecule is CO[C@H]1/C=C/O[C@@]2(C)Oc3c(C)c(O)c4c(=O)c(c5oc6cc(N7CCC(NC(=O)OC(C)(C)C)CC7)cc(=O)c6nc5c4c3=C2O)NC(=O)/C(C)=C\C=C\[C@H](C)[C@H](O)[C@@H](C)[C@@H](O)[C@H](C)[C@H](O)[C@H]1C. The molecule has 0 unspecified atom stereocenters. The second-order valence-corrected chi connectivity index (χ2v) is 19.9. The topological polar surface area (TPSA) is 260 Å². The number of carbonyl (C=O) groups excluding carboxylic acids is 2. The molecule has 3 aliphatic heterocycles. The summed E-state index contributed by atoms with van der Waals surface area (Å²) in [5.74, 6) is -6.42. The molecule has 0 aliphatic carbocycles. The van der Waals surface area contributed by atoms with Crippen LogP contribution >= 0.6 is 0 Å². The van der Waals surface area contributed by atoms with Crippen molar-refractivity contribution in [3.8, 4) is 11.5 Å². The fraction of sp³-hybridized carbons (Fsp3) is 0.510. The molecule has 4 aromatic rings. The molecule has 4 heterocycles. The molecule has 0 radical (unpaired) electrons. The Balaban J connectivity index is 1.41. The van der Waals surface area contributed by atoms with Crippen LogP contribution in [0.1, 0.15) is 80.7 Å². The maximum Gasteiger partial charge on any atom is 0.407 e. The average Bonchev–Trinajstić information content (AvgIpc) is 3.56. The lowest BCUT2D eigenvalue weighted by atomic mass is 9.78. The quantitative estimate of drug-likeness (QED) is 0.0990. The van der Waals surface area contributed by atoms with Gasteiger partial charge in [-0.05, 0) is 53.5 Å². The van der Waals surface area contributed by atoms with Crippen LogP contribution in [-0.2, 0) is 19.0 Å². The minimum absolute atomic E-state index is 0.0272. The van der Waals surface area contributed by atoms with Gasteiger partial charge in [0.05, 0.1) is 41.3 Å². The molecule has 18 heteroatoms. The number of phenolic OH excluding ortho intramolecular Hbond substituents is 1. The number of rotatable bonds is 3. The summed E-state index contributed by atoms with van der Waals surface area (Å²) in [4.78, 5) is 62.2. The summed E-state index contributed by atoms with van der Waals surface area (Å²) < 4.78 is 29.9. The lowest BCUT2D eigenvalue weighted by Gasteiger charge is -2.36. The second-order valence-electron chi connectivity index (χ2n) is 19.9. The number of alkyl carbamates (subject to hydrolysis) is 1. The number of aromatic nitrogens is 1. The molecule has 1 fully saturated rings. The maximum atomic E-state index is 14.9. The van der Waals surface area contributed by atoms with Gasteiger partial charge in [0.1, 0.15) is 28.3 Å². The molecule has 1 aromatic heterocycles. The van der Waals surface area contributed by atoms with Crippen molar-refractivity contribution in [3.63, 3.8) is 0 Å². The monoisotopic (exact) mass is 956 g/mol. The van der Waals surface area contributed by atoms with Crippen LogP contribution in [0.3, 0.4) is 0 Å². The number of fused-ring (bicyclic) bond motifs is 2. The Hall–Kier alpha value is -6.21. The molecule has 9 atom stereocenters. The molecule has 18 nitrogen and oxygen atoms in total. The number of carbonyl (C=O) groups is 2. The van der Waals surface area contributed by atoms with Crippen molar-refractivity contribution in [3.05, 3.63) is 79.5 Å². The van der Waals surface area contributed by atoms with E-state index in [0.29, 0.717) is 31.6 Å². The van der Waals surface area contributed by atoms with E-state index in [4.69, 9.17) is 28.3 Å². The van der Waals surface area contributed by atoms with Gasteiger partial charge in [-0.15, -0.1) is 0 Å². The lowest BCUT2D eigenvalue weighted by molar-refractivity contribution is -0.112. The van der Waals surface area contributed by atoms with Crippen molar-refractivity contribution in [1.29, 1.82) is 0 Å². The molecular formula is C51H64N4O14. The molecule has 0 spiro atoms. The zero-order valence-corrected chi connectivity index (χ0v) is 40.9. The summed E-state index contributed by atoms with van der Waals surface area (Å²) in [5.41, 5.74) is -2.47. The van der Waals surface area contributed by atoms with E-state index in [9.17, 15) is 44.7 Å². The van der Waals surface area contributed by atoms with Crippen molar-refractivity contribution >= 4 is 62.1 Å². The van der Waals surface area contributed by atoms with Crippen LogP contribution < -0.4 is 36.3 Å². The minimum Gasteiger partial charge on any atom is -0.507 e. The number of benzene rings is 3. The molecule has 7 rings (SSSR count). The predicted octanol–water partition coefficient (Wildman–Crippen LogP) is 5.48. The number of allylic oxidation sites excluding steroid dienone is 2. The molecule has 7 N–H and O–H groups in total. The van der Waals surface area contributed by atoms with Gasteiger partial charge >= 0.3 is 11.9 Å². The van der Waals surface area contributed by atoms with Crippen molar-refractivity contribution in [2.75, 3.05) is 30.4 Å². The summed E-state index contributed by atoms with van der Waals surface area (Å²) in [6.45, 7) is 17.5. The fourth-order valence-electron chi connectivity index (χ4n) is 9.42. The highest BCUT2D eigenvalue weighted by Gasteiger charge is 2.44. The normalized spacial score (nSPS) is 29.4. The number of nitrogens with zero attached hydrogens (tertiary/aromatic N) is 2. The van der Waals surface area contributed by atoms with E-state index < -0.39 is 99.5 Å². The summed E-state index contributed by atoms with van der Waals surface area (Å²) in [6.07, 6.45) is 3.91. The number of aromatic hydroxyl groups is 1. The van der Waals surface area contributed by atoms with Crippen LogP contribution in [0, 0.1) is 30.6 Å². The summed E-state index contributed by atoms with van der Waals surface area (Å²) in [5, 5.41) is 63.1. The highest BCUT2D eigenvalue weighted by atomic mass is 16.7. The number of anilines is 2. The van der Waals surface area contributed by atoms with Crippen LogP contribution in [0.4, 0.5) is 16.2 Å². The number of aliphatic hydroxyl groups is 4. The molecule has 3 aromatic carbocycles. The molecule has 372 valence electrons. The van der Waals surface area contributed by atoms with Gasteiger partial charge in [0.2, 0.25) is 10.9 Å². The van der Waals surface area contributed by atoms with E-state index in [2.05, 4.69) is 10.6 Å². The second kappa shape index (κ2) is 19.3. The van der Waals surface area contributed by atoms with E-state index in [1.54, 1.807) is 66.7 Å². The number of nitrogens with one attached hydrogen (secondary N) is 2. The van der Waals surface area contributed by atoms with E-state index in [0.717, 1.165) is 0 Å². The first kappa shape index (κ1) is 50.7. The maximum absolute atomic E-state index is 14.9. The standard InChI is InChI=1S/C51H64N4O14/c1-23-13-12-14-24(2)48(63)54-39-44(61)35-34(38-46(39)67-33-22-30(21-31(56)37(33)53-38)55-18-15-29(16-19-55)52-49(64)69-50(7,8)9)36-45(28(6)43(35)60)68-51(10,47(36)62)66-20-17-32(65-11)25(3)41(58)27(5)42(59)26(4)40(23)57/h12-14,17,20-23,25-27,29,32,40-42,57-60,62H,15-16,18-19H2,1-11H3,(H,52,64)(H,54,63)/b13-12+,20-17+,24-14-/t23-,25-,26+,27+,32-,40-,41+,42+,51-/m0/s1. The van der Waals surface area contributed by atoms with Crippen LogP contribution in [0.2, 0.25) is 0 Å². The Morgan fingerprint density at radius 3 is 2.23 bits per heavy atom. The third-order valence-corrected chi connectivity index (χ3v) is 13.7. The smallest absolute Gasteiger partial charge is 0.407 e. The van der Waals surface area contributed by atoms with Gasteiger partial charge < -0.3 is 64.4 Å². The van der Waals surface area contributed by atoms with Gasteiger partial charge in [0, 0.05) is 91.2 Å². The lowest BCUT2D eigenvalue weighted by Crippen LogP contribution is -2.46. The number of hydrogen-bond donors (Lipinski definition) is 7. The number of methoxy groups -OCH3 is 1. The van der Waals surface area contributed by atoms with E-state index in [-0.39, 0.29) is 61.1 Å². The molecule has 0 saturated carbocycles. The van der Waals surface area contributed by atoms with Gasteiger partial charge in [-0.3, -0.25) is 14.4 Å². The zero-order valence-electron chi connectivity index (χ0n) is 40.9. The molecular weight excluding hydrogens is 893 g/mol. The minimum atomic E-state index is -1.98. The van der Waals surface area contributed by atoms with Crippen molar-refractivity contribution in [1.82, 2.24) is 10.3 Å². The molecule has 2 amide bonds. The molecule has 69 heavy (non-hydrogen) atoms. The molecule has 3 aliphatic rings. The Morgan fingerprint density at radius 1 is 0.928 bits per heavy atom. The van der Waals surface area contributed by atoms with Gasteiger partial charge in [-0.25, -0.2) is 9.78 Å². The third-order valence-electron chi connectivity index (χ3n) is 13.7. The highest BCUT2D eigenvalue weighted by molar-refractivity contribution is 6.16. The molecule has 1 saturated heterocycles. The van der Waals surface area contributed by atoms with Gasteiger partial charge in [0.25, 0.3) is 5.91 Å². The van der Waals surface area contributed by atoms with E-state index >= 15 is 0 Å². The number of aliphatic hydroxyl groups excluding tert-OH is 4. The Bertz CT molecular complexity index is 2950. The number of hydrogen-bond acceptors (Lipinski definition) is 16. The Morgan fingerprint density at radius 2 is 1.58 bits per heavy atom. The first-order valence-corrected chi connectivity index (χ1v) is 23.3. The Labute approximate surface area is 398 Å². The van der Waals surface area contributed by atoms with E-state index in [1.165, 1.54) is 52.4 Å². The van der Waals surface area contributed by atoms with Crippen LogP contribution in [-0.4, -0.2) is 105 Å². The number of piperidine rings is 1. The van der Waals surface area contributed by atoms with Gasteiger partial charge in [0.15, 0.2) is 22.4 Å². The van der Waals surface area contributed by atoms with Crippen molar-refractivity contribution in [2.24, 2.45) is 23.7 Å². The number of ether oxygens (including phenoxy) is 4. The number of phenols is 1.